The molecule has 6 nitrogen and oxygen atoms in total. The molecular weight excluding hydrogens is 580 g/mol. The van der Waals surface area contributed by atoms with Gasteiger partial charge in [0.05, 0.1) is 6.10 Å². The number of aliphatic hydroxyl groups is 1. The standard InChI is InChI=1S/C41H78N4O2/c1-29(2)45(30(3)4)38(47)18-15-31(5)34-16-17-35-39-36(20-22-41(34,35)7)40(6)21-19-33(27-32(40)28-37(39)46)44-26-14-25-43-24-13-11-9-8-10-12-23-42/h29-37,39,43-44,46H,8-28,42H2,1-7H3/t31-,32?,33+,34-,35?,36?,37-,39?,40+,41-/m1/s1. The molecule has 4 fully saturated rings. The highest BCUT2D eigenvalue weighted by Gasteiger charge is 2.62. The molecule has 4 unspecified atom stereocenters. The van der Waals surface area contributed by atoms with E-state index >= 15 is 0 Å². The number of fused-ring (bicyclic) bond motifs is 5. The zero-order chi connectivity index (χ0) is 34.2. The van der Waals surface area contributed by atoms with Gasteiger partial charge in [-0.1, -0.05) is 46.5 Å². The Balaban J connectivity index is 1.22. The van der Waals surface area contributed by atoms with Crippen LogP contribution in [0.25, 0.3) is 0 Å². The molecule has 0 aliphatic heterocycles. The Bertz CT molecular complexity index is 934. The molecule has 5 N–H and O–H groups in total. The second kappa shape index (κ2) is 18.0. The maximum absolute atomic E-state index is 13.2. The fourth-order valence-electron chi connectivity index (χ4n) is 12.0. The Morgan fingerprint density at radius 1 is 0.809 bits per heavy atom. The lowest BCUT2D eigenvalue weighted by Gasteiger charge is -2.62. The van der Waals surface area contributed by atoms with Crippen molar-refractivity contribution in [1.29, 1.82) is 0 Å². The van der Waals surface area contributed by atoms with Gasteiger partial charge in [0.15, 0.2) is 0 Å². The predicted molar refractivity (Wildman–Crippen MR) is 198 cm³/mol. The second-order valence-corrected chi connectivity index (χ2v) is 18.0. The van der Waals surface area contributed by atoms with E-state index in [-0.39, 0.29) is 18.2 Å². The van der Waals surface area contributed by atoms with Crippen molar-refractivity contribution in [2.24, 2.45) is 52.1 Å². The lowest BCUT2D eigenvalue weighted by atomic mass is 9.43. The van der Waals surface area contributed by atoms with E-state index in [0.29, 0.717) is 64.7 Å². The molecule has 274 valence electrons. The Kier molecular flexibility index (Phi) is 15.0. The van der Waals surface area contributed by atoms with Crippen molar-refractivity contribution in [3.63, 3.8) is 0 Å². The number of carbonyl (C=O) groups is 1. The number of nitrogens with two attached hydrogens (primary N) is 1. The molecule has 6 heteroatoms. The third-order valence-electron chi connectivity index (χ3n) is 14.4. The first-order valence-electron chi connectivity index (χ1n) is 20.6. The minimum absolute atomic E-state index is 0.146. The minimum atomic E-state index is -0.146. The molecular formula is C41H78N4O2. The van der Waals surface area contributed by atoms with Crippen LogP contribution in [0.3, 0.4) is 0 Å². The summed E-state index contributed by atoms with van der Waals surface area (Å²) in [7, 11) is 0. The van der Waals surface area contributed by atoms with Gasteiger partial charge in [-0.05, 0) is 177 Å². The summed E-state index contributed by atoms with van der Waals surface area (Å²) in [6.07, 6.45) is 20.5. The molecule has 1 amide bonds. The number of carbonyl (C=O) groups excluding carboxylic acids is 1. The van der Waals surface area contributed by atoms with E-state index in [9.17, 15) is 9.90 Å². The summed E-state index contributed by atoms with van der Waals surface area (Å²) < 4.78 is 0. The second-order valence-electron chi connectivity index (χ2n) is 18.0. The topological polar surface area (TPSA) is 90.6 Å². The molecule has 4 saturated carbocycles. The van der Waals surface area contributed by atoms with Crippen LogP contribution < -0.4 is 16.4 Å². The summed E-state index contributed by atoms with van der Waals surface area (Å²) in [6.45, 7) is 20.4. The van der Waals surface area contributed by atoms with E-state index in [1.807, 2.05) is 0 Å². The number of aliphatic hydroxyl groups excluding tert-OH is 1. The van der Waals surface area contributed by atoms with Gasteiger partial charge in [0.2, 0.25) is 5.91 Å². The molecule has 0 spiro atoms. The molecule has 47 heavy (non-hydrogen) atoms. The van der Waals surface area contributed by atoms with Crippen molar-refractivity contribution in [2.75, 3.05) is 26.2 Å². The molecule has 0 bridgehead atoms. The van der Waals surface area contributed by atoms with E-state index in [0.717, 1.165) is 39.0 Å². The highest BCUT2D eigenvalue weighted by Crippen LogP contribution is 2.68. The van der Waals surface area contributed by atoms with Crippen LogP contribution in [0.5, 0.6) is 0 Å². The molecule has 0 radical (unpaired) electrons. The third-order valence-corrected chi connectivity index (χ3v) is 14.4. The lowest BCUT2D eigenvalue weighted by Crippen LogP contribution is -2.59. The predicted octanol–water partition coefficient (Wildman–Crippen LogP) is 7.92. The SMILES string of the molecule is CC(C)N(C(=O)CC[C@@H](C)[C@H]1CCC2C3C(CC[C@@]21C)[C@@]1(C)CC[C@H](NCCCNCCCCCCCCN)CC1C[C@H]3O)C(C)C. The molecule has 0 aromatic heterocycles. The van der Waals surface area contributed by atoms with E-state index < -0.39 is 0 Å². The Hall–Kier alpha value is -0.690. The number of nitrogens with one attached hydrogen (secondary N) is 2. The smallest absolute Gasteiger partial charge is 0.223 e. The molecule has 4 aliphatic rings. The van der Waals surface area contributed by atoms with E-state index in [4.69, 9.17) is 5.73 Å². The Morgan fingerprint density at radius 2 is 1.45 bits per heavy atom. The zero-order valence-corrected chi connectivity index (χ0v) is 32.0. The van der Waals surface area contributed by atoms with Crippen LogP contribution in [0.2, 0.25) is 0 Å². The monoisotopic (exact) mass is 659 g/mol. The average Bonchev–Trinajstić information content (AvgIpc) is 3.37. The highest BCUT2D eigenvalue weighted by molar-refractivity contribution is 5.76. The Labute approximate surface area is 290 Å². The number of hydrogen-bond donors (Lipinski definition) is 4. The number of unbranched alkanes of at least 4 members (excludes halogenated alkanes) is 5. The molecule has 0 heterocycles. The van der Waals surface area contributed by atoms with Gasteiger partial charge < -0.3 is 26.4 Å². The molecule has 0 aromatic rings. The van der Waals surface area contributed by atoms with Crippen LogP contribution in [-0.4, -0.2) is 66.3 Å². The van der Waals surface area contributed by atoms with Crippen molar-refractivity contribution in [1.82, 2.24) is 15.5 Å². The maximum Gasteiger partial charge on any atom is 0.223 e. The van der Waals surface area contributed by atoms with Crippen molar-refractivity contribution >= 4 is 5.91 Å². The van der Waals surface area contributed by atoms with Gasteiger partial charge >= 0.3 is 0 Å². The first-order chi connectivity index (χ1) is 22.4. The third kappa shape index (κ3) is 9.36. The molecule has 4 aliphatic carbocycles. The van der Waals surface area contributed by atoms with E-state index in [2.05, 4.69) is 64.0 Å². The molecule has 0 aromatic carbocycles. The number of hydrogen-bond acceptors (Lipinski definition) is 5. The van der Waals surface area contributed by atoms with Crippen molar-refractivity contribution in [2.45, 2.75) is 182 Å². The first kappa shape index (κ1) is 39.1. The van der Waals surface area contributed by atoms with Gasteiger partial charge in [-0.2, -0.15) is 0 Å². The minimum Gasteiger partial charge on any atom is -0.393 e. The fraction of sp³-hybridized carbons (Fsp3) is 0.976. The summed E-state index contributed by atoms with van der Waals surface area (Å²) in [6, 6.07) is 1.13. The summed E-state index contributed by atoms with van der Waals surface area (Å²) >= 11 is 0. The number of nitrogens with zero attached hydrogens (tertiary/aromatic N) is 1. The largest absolute Gasteiger partial charge is 0.393 e. The molecule has 0 saturated heterocycles. The van der Waals surface area contributed by atoms with Crippen LogP contribution in [-0.2, 0) is 4.79 Å². The van der Waals surface area contributed by atoms with Crippen LogP contribution >= 0.6 is 0 Å². The molecule has 4 rings (SSSR count). The maximum atomic E-state index is 13.2. The summed E-state index contributed by atoms with van der Waals surface area (Å²) in [5.74, 6) is 3.97. The van der Waals surface area contributed by atoms with E-state index in [1.54, 1.807) is 0 Å². The van der Waals surface area contributed by atoms with Crippen LogP contribution in [0.1, 0.15) is 158 Å². The van der Waals surface area contributed by atoms with Crippen LogP contribution in [0.4, 0.5) is 0 Å². The first-order valence-corrected chi connectivity index (χ1v) is 20.6. The van der Waals surface area contributed by atoms with Crippen molar-refractivity contribution in [3.8, 4) is 0 Å². The number of rotatable bonds is 19. The normalized spacial score (nSPS) is 35.9. The van der Waals surface area contributed by atoms with Gasteiger partial charge in [0.25, 0.3) is 0 Å². The van der Waals surface area contributed by atoms with Gasteiger partial charge in [-0.25, -0.2) is 0 Å². The fourth-order valence-corrected chi connectivity index (χ4v) is 12.0. The summed E-state index contributed by atoms with van der Waals surface area (Å²) in [5.41, 5.74) is 6.27. The van der Waals surface area contributed by atoms with Crippen molar-refractivity contribution in [3.05, 3.63) is 0 Å². The van der Waals surface area contributed by atoms with Gasteiger partial charge in [-0.15, -0.1) is 0 Å². The Morgan fingerprint density at radius 3 is 2.15 bits per heavy atom. The summed E-state index contributed by atoms with van der Waals surface area (Å²) in [4.78, 5) is 15.3. The molecule has 10 atom stereocenters. The lowest BCUT2D eigenvalue weighted by molar-refractivity contribution is -0.167. The van der Waals surface area contributed by atoms with Gasteiger partial charge in [0, 0.05) is 24.5 Å². The quantitative estimate of drug-likeness (QED) is 0.106. The van der Waals surface area contributed by atoms with E-state index in [1.165, 1.54) is 89.9 Å². The zero-order valence-electron chi connectivity index (χ0n) is 32.0. The summed E-state index contributed by atoms with van der Waals surface area (Å²) in [5, 5.41) is 19.5. The van der Waals surface area contributed by atoms with Crippen LogP contribution in [0.15, 0.2) is 0 Å². The average molecular weight is 659 g/mol. The number of amides is 1. The van der Waals surface area contributed by atoms with Gasteiger partial charge in [0.1, 0.15) is 0 Å². The van der Waals surface area contributed by atoms with Crippen LogP contribution in [0, 0.1) is 46.3 Å². The highest BCUT2D eigenvalue weighted by atomic mass is 16.3. The van der Waals surface area contributed by atoms with Crippen molar-refractivity contribution < 1.29 is 9.90 Å². The van der Waals surface area contributed by atoms with Gasteiger partial charge in [-0.3, -0.25) is 4.79 Å².